The lowest BCUT2D eigenvalue weighted by atomic mass is 10.1. The second-order valence-corrected chi connectivity index (χ2v) is 5.42. The van der Waals surface area contributed by atoms with Gasteiger partial charge in [0.1, 0.15) is 0 Å². The maximum absolute atomic E-state index is 12.5. The maximum atomic E-state index is 12.5. The molecule has 7 heteroatoms. The zero-order valence-electron chi connectivity index (χ0n) is 7.47. The van der Waals surface area contributed by atoms with Crippen molar-refractivity contribution in [3.05, 3.63) is 29.3 Å². The summed E-state index contributed by atoms with van der Waals surface area (Å²) in [5.41, 5.74) is -1.38. The molecule has 1 rings (SSSR count). The molecule has 0 unspecified atom stereocenters. The molecule has 84 valence electrons. The number of hydrogen-bond acceptors (Lipinski definition) is 2. The molecule has 0 amide bonds. The first-order chi connectivity index (χ1) is 6.64. The summed E-state index contributed by atoms with van der Waals surface area (Å²) >= 11 is 0. The van der Waals surface area contributed by atoms with Crippen LogP contribution in [0.5, 0.6) is 0 Å². The maximum Gasteiger partial charge on any atom is 0.417 e. The van der Waals surface area contributed by atoms with Crippen molar-refractivity contribution in [2.45, 2.75) is 18.0 Å². The van der Waals surface area contributed by atoms with Gasteiger partial charge in [-0.05, 0) is 18.6 Å². The van der Waals surface area contributed by atoms with Crippen molar-refractivity contribution in [3.8, 4) is 0 Å². The molecule has 1 aromatic rings. The van der Waals surface area contributed by atoms with Crippen LogP contribution in [0.3, 0.4) is 0 Å². The third kappa shape index (κ3) is 2.63. The second kappa shape index (κ2) is 3.68. The van der Waals surface area contributed by atoms with E-state index in [9.17, 15) is 21.6 Å². The molecule has 0 N–H and O–H groups in total. The van der Waals surface area contributed by atoms with Gasteiger partial charge in [-0.15, -0.1) is 0 Å². The third-order valence-corrected chi connectivity index (χ3v) is 3.14. The molecule has 0 aliphatic carbocycles. The summed E-state index contributed by atoms with van der Waals surface area (Å²) in [4.78, 5) is -0.906. The van der Waals surface area contributed by atoms with Crippen LogP contribution < -0.4 is 0 Å². The van der Waals surface area contributed by atoms with Crippen LogP contribution in [0.1, 0.15) is 11.1 Å². The zero-order chi connectivity index (χ0) is 11.9. The molecule has 1 aromatic carbocycles. The average molecular weight is 259 g/mol. The number of hydrogen-bond donors (Lipinski definition) is 0. The van der Waals surface area contributed by atoms with E-state index in [2.05, 4.69) is 0 Å². The molecule has 0 fully saturated rings. The average Bonchev–Trinajstić information content (AvgIpc) is 1.99. The number of alkyl halides is 3. The quantitative estimate of drug-likeness (QED) is 0.726. The Bertz CT molecular complexity index is 479. The summed E-state index contributed by atoms with van der Waals surface area (Å²) in [5.74, 6) is 0. The van der Waals surface area contributed by atoms with Gasteiger partial charge < -0.3 is 0 Å². The summed E-state index contributed by atoms with van der Waals surface area (Å²) in [5, 5.41) is 0. The number of halogens is 4. The number of aryl methyl sites for hydroxylation is 1. The van der Waals surface area contributed by atoms with Crippen LogP contribution >= 0.6 is 10.7 Å². The molecule has 0 heterocycles. The molecule has 0 atom stereocenters. The molecule has 15 heavy (non-hydrogen) atoms. The Labute approximate surface area is 89.1 Å². The standard InChI is InChI=1S/C8H6ClF3O2S/c1-5-3-2-4-6(15(9,13)14)7(5)8(10,11)12/h2-4H,1H3. The van der Waals surface area contributed by atoms with Crippen molar-refractivity contribution in [1.29, 1.82) is 0 Å². The molecular formula is C8H6ClF3O2S. The van der Waals surface area contributed by atoms with E-state index in [1.807, 2.05) is 0 Å². The van der Waals surface area contributed by atoms with Crippen molar-refractivity contribution >= 4 is 19.7 Å². The van der Waals surface area contributed by atoms with Gasteiger partial charge >= 0.3 is 6.18 Å². The minimum Gasteiger partial charge on any atom is -0.207 e. The first-order valence-corrected chi connectivity index (χ1v) is 6.06. The van der Waals surface area contributed by atoms with E-state index in [-0.39, 0.29) is 5.56 Å². The molecule has 0 aliphatic rings. The van der Waals surface area contributed by atoms with Crippen LogP contribution in [0.4, 0.5) is 13.2 Å². The Kier molecular flexibility index (Phi) is 3.02. The van der Waals surface area contributed by atoms with Crippen LogP contribution in [0.2, 0.25) is 0 Å². The molecule has 0 saturated carbocycles. The van der Waals surface area contributed by atoms with E-state index in [0.717, 1.165) is 6.07 Å². The fourth-order valence-electron chi connectivity index (χ4n) is 1.21. The monoisotopic (exact) mass is 258 g/mol. The lowest BCUT2D eigenvalue weighted by Gasteiger charge is -2.13. The van der Waals surface area contributed by atoms with Crippen molar-refractivity contribution in [2.75, 3.05) is 0 Å². The fourth-order valence-corrected chi connectivity index (χ4v) is 2.35. The molecular weight excluding hydrogens is 253 g/mol. The van der Waals surface area contributed by atoms with Crippen molar-refractivity contribution in [1.82, 2.24) is 0 Å². The van der Waals surface area contributed by atoms with E-state index in [1.54, 1.807) is 0 Å². The van der Waals surface area contributed by atoms with E-state index >= 15 is 0 Å². The summed E-state index contributed by atoms with van der Waals surface area (Å²) in [7, 11) is 0.527. The van der Waals surface area contributed by atoms with Gasteiger partial charge in [-0.2, -0.15) is 13.2 Å². The topological polar surface area (TPSA) is 34.1 Å². The van der Waals surface area contributed by atoms with E-state index in [0.29, 0.717) is 0 Å². The lowest BCUT2D eigenvalue weighted by Crippen LogP contribution is -2.12. The predicted molar refractivity (Wildman–Crippen MR) is 49.2 cm³/mol. The Balaban J connectivity index is 3.63. The summed E-state index contributed by atoms with van der Waals surface area (Å²) in [6.45, 7) is 1.17. The van der Waals surface area contributed by atoms with Crippen LogP contribution in [0.25, 0.3) is 0 Å². The Hall–Kier alpha value is -0.750. The summed E-state index contributed by atoms with van der Waals surface area (Å²) in [6.07, 6.45) is -4.73. The third-order valence-electron chi connectivity index (χ3n) is 1.78. The minimum absolute atomic E-state index is 0.177. The summed E-state index contributed by atoms with van der Waals surface area (Å²) in [6, 6.07) is 3.21. The number of rotatable bonds is 1. The van der Waals surface area contributed by atoms with Gasteiger partial charge in [0.05, 0.1) is 10.5 Å². The highest BCUT2D eigenvalue weighted by Gasteiger charge is 2.38. The molecule has 0 spiro atoms. The van der Waals surface area contributed by atoms with Crippen LogP contribution in [0, 0.1) is 6.92 Å². The largest absolute Gasteiger partial charge is 0.417 e. The molecule has 0 bridgehead atoms. The molecule has 2 nitrogen and oxygen atoms in total. The van der Waals surface area contributed by atoms with Gasteiger partial charge in [0.15, 0.2) is 0 Å². The van der Waals surface area contributed by atoms with Crippen molar-refractivity contribution in [2.24, 2.45) is 0 Å². The van der Waals surface area contributed by atoms with Crippen molar-refractivity contribution < 1.29 is 21.6 Å². The normalized spacial score (nSPS) is 12.9. The van der Waals surface area contributed by atoms with E-state index in [4.69, 9.17) is 10.7 Å². The summed E-state index contributed by atoms with van der Waals surface area (Å²) < 4.78 is 59.4. The first kappa shape index (κ1) is 12.3. The Morgan fingerprint density at radius 3 is 2.13 bits per heavy atom. The molecule has 0 aliphatic heterocycles. The highest BCUT2D eigenvalue weighted by atomic mass is 35.7. The molecule has 0 radical (unpaired) electrons. The second-order valence-electron chi connectivity index (χ2n) is 2.88. The molecule has 0 saturated heterocycles. The smallest absolute Gasteiger partial charge is 0.207 e. The Morgan fingerprint density at radius 2 is 1.80 bits per heavy atom. The zero-order valence-corrected chi connectivity index (χ0v) is 9.04. The van der Waals surface area contributed by atoms with Crippen LogP contribution in [-0.4, -0.2) is 8.42 Å². The molecule has 0 aromatic heterocycles. The van der Waals surface area contributed by atoms with Gasteiger partial charge in [-0.3, -0.25) is 0 Å². The van der Waals surface area contributed by atoms with Gasteiger partial charge in [0, 0.05) is 10.7 Å². The fraction of sp³-hybridized carbons (Fsp3) is 0.250. The van der Waals surface area contributed by atoms with Gasteiger partial charge in [0.25, 0.3) is 9.05 Å². The predicted octanol–water partition coefficient (Wildman–Crippen LogP) is 2.94. The number of benzene rings is 1. The van der Waals surface area contributed by atoms with Crippen molar-refractivity contribution in [3.63, 3.8) is 0 Å². The Morgan fingerprint density at radius 1 is 1.27 bits per heavy atom. The van der Waals surface area contributed by atoms with Gasteiger partial charge in [-0.25, -0.2) is 8.42 Å². The highest BCUT2D eigenvalue weighted by Crippen LogP contribution is 2.37. The van der Waals surface area contributed by atoms with E-state index < -0.39 is 25.7 Å². The first-order valence-electron chi connectivity index (χ1n) is 3.75. The van der Waals surface area contributed by atoms with Gasteiger partial charge in [-0.1, -0.05) is 12.1 Å². The van der Waals surface area contributed by atoms with Crippen LogP contribution in [-0.2, 0) is 15.2 Å². The van der Waals surface area contributed by atoms with Gasteiger partial charge in [0.2, 0.25) is 0 Å². The lowest BCUT2D eigenvalue weighted by molar-refractivity contribution is -0.140. The van der Waals surface area contributed by atoms with Crippen LogP contribution in [0.15, 0.2) is 23.1 Å². The minimum atomic E-state index is -4.73. The highest BCUT2D eigenvalue weighted by molar-refractivity contribution is 8.13. The SMILES string of the molecule is Cc1cccc(S(=O)(=O)Cl)c1C(F)(F)F. The van der Waals surface area contributed by atoms with E-state index in [1.165, 1.54) is 19.1 Å².